The summed E-state index contributed by atoms with van der Waals surface area (Å²) >= 11 is 12.6. The Morgan fingerprint density at radius 3 is 2.32 bits per heavy atom. The molecule has 1 aliphatic heterocycles. The Morgan fingerprint density at radius 1 is 1.23 bits per heavy atom. The van der Waals surface area contributed by atoms with Gasteiger partial charge < -0.3 is 9.64 Å². The van der Waals surface area contributed by atoms with Crippen molar-refractivity contribution in [3.63, 3.8) is 0 Å². The van der Waals surface area contributed by atoms with Crippen LogP contribution in [0.3, 0.4) is 0 Å². The maximum Gasteiger partial charge on any atom is 0.156 e. The second kappa shape index (κ2) is 8.03. The number of nitriles is 1. The van der Waals surface area contributed by atoms with E-state index in [1.165, 1.54) is 0 Å². The SMILES string of the molecule is CCCOc1c(Cl)cc(C(C#N)N2CCN(C)CC2)cc1Cl. The molecular formula is C16H21Cl2N3O. The van der Waals surface area contributed by atoms with Crippen molar-refractivity contribution in [1.82, 2.24) is 9.80 Å². The Balaban J connectivity index is 2.21. The molecule has 6 heteroatoms. The van der Waals surface area contributed by atoms with Crippen molar-refractivity contribution >= 4 is 23.2 Å². The van der Waals surface area contributed by atoms with E-state index in [0.717, 1.165) is 38.2 Å². The number of nitrogens with zero attached hydrogens (tertiary/aromatic N) is 3. The zero-order valence-electron chi connectivity index (χ0n) is 13.0. The highest BCUT2D eigenvalue weighted by atomic mass is 35.5. The van der Waals surface area contributed by atoms with E-state index in [2.05, 4.69) is 22.9 Å². The second-order valence-corrected chi connectivity index (χ2v) is 6.35. The van der Waals surface area contributed by atoms with Gasteiger partial charge in [0, 0.05) is 26.2 Å². The van der Waals surface area contributed by atoms with Crippen molar-refractivity contribution in [2.75, 3.05) is 39.8 Å². The van der Waals surface area contributed by atoms with Crippen LogP contribution < -0.4 is 4.74 Å². The number of piperazine rings is 1. The van der Waals surface area contributed by atoms with Crippen molar-refractivity contribution in [2.45, 2.75) is 19.4 Å². The van der Waals surface area contributed by atoms with Crippen LogP contribution in [0.4, 0.5) is 0 Å². The molecule has 0 spiro atoms. The third-order valence-electron chi connectivity index (χ3n) is 3.81. The first-order valence-corrected chi connectivity index (χ1v) is 8.26. The van der Waals surface area contributed by atoms with E-state index in [1.54, 1.807) is 12.1 Å². The number of halogens is 2. The van der Waals surface area contributed by atoms with Gasteiger partial charge in [0.2, 0.25) is 0 Å². The van der Waals surface area contributed by atoms with E-state index < -0.39 is 0 Å². The fourth-order valence-corrected chi connectivity index (χ4v) is 3.14. The van der Waals surface area contributed by atoms with Crippen LogP contribution in [-0.2, 0) is 0 Å². The maximum atomic E-state index is 9.57. The summed E-state index contributed by atoms with van der Waals surface area (Å²) in [6.07, 6.45) is 0.885. The predicted octanol–water partition coefficient (Wildman–Crippen LogP) is 3.59. The van der Waals surface area contributed by atoms with Crippen LogP contribution in [0.15, 0.2) is 12.1 Å². The van der Waals surface area contributed by atoms with Gasteiger partial charge in [0.05, 0.1) is 22.7 Å². The minimum absolute atomic E-state index is 0.330. The fourth-order valence-electron chi connectivity index (χ4n) is 2.53. The van der Waals surface area contributed by atoms with Gasteiger partial charge in [0.1, 0.15) is 6.04 Å². The fraction of sp³-hybridized carbons (Fsp3) is 0.562. The molecule has 1 aliphatic rings. The van der Waals surface area contributed by atoms with Crippen LogP contribution in [0.5, 0.6) is 5.75 Å². The van der Waals surface area contributed by atoms with E-state index >= 15 is 0 Å². The Kier molecular flexibility index (Phi) is 6.34. The molecule has 1 heterocycles. The lowest BCUT2D eigenvalue weighted by atomic mass is 10.1. The molecule has 0 saturated carbocycles. The van der Waals surface area contributed by atoms with Gasteiger partial charge in [-0.25, -0.2) is 0 Å². The predicted molar refractivity (Wildman–Crippen MR) is 89.7 cm³/mol. The summed E-state index contributed by atoms with van der Waals surface area (Å²) in [6, 6.07) is 5.63. The third kappa shape index (κ3) is 4.05. The topological polar surface area (TPSA) is 39.5 Å². The Morgan fingerprint density at radius 2 is 1.82 bits per heavy atom. The maximum absolute atomic E-state index is 9.57. The van der Waals surface area contributed by atoms with Gasteiger partial charge in [-0.3, -0.25) is 4.90 Å². The quantitative estimate of drug-likeness (QED) is 0.820. The lowest BCUT2D eigenvalue weighted by molar-refractivity contribution is 0.133. The van der Waals surface area contributed by atoms with Crippen LogP contribution in [0.2, 0.25) is 10.0 Å². The van der Waals surface area contributed by atoms with Crippen molar-refractivity contribution in [3.05, 3.63) is 27.7 Å². The number of hydrogen-bond acceptors (Lipinski definition) is 4. The van der Waals surface area contributed by atoms with Gasteiger partial charge >= 0.3 is 0 Å². The summed E-state index contributed by atoms with van der Waals surface area (Å²) < 4.78 is 5.58. The summed E-state index contributed by atoms with van der Waals surface area (Å²) in [5.41, 5.74) is 0.825. The van der Waals surface area contributed by atoms with Gasteiger partial charge in [-0.1, -0.05) is 30.1 Å². The van der Waals surface area contributed by atoms with Crippen molar-refractivity contribution in [1.29, 1.82) is 5.26 Å². The minimum Gasteiger partial charge on any atom is -0.490 e. The van der Waals surface area contributed by atoms with Crippen molar-refractivity contribution in [3.8, 4) is 11.8 Å². The van der Waals surface area contributed by atoms with E-state index in [0.29, 0.717) is 22.4 Å². The third-order valence-corrected chi connectivity index (χ3v) is 4.37. The molecule has 0 aromatic heterocycles. The normalized spacial score (nSPS) is 18.0. The number of ether oxygens (including phenoxy) is 1. The smallest absolute Gasteiger partial charge is 0.156 e. The lowest BCUT2D eigenvalue weighted by Gasteiger charge is -2.35. The first-order chi connectivity index (χ1) is 10.6. The van der Waals surface area contributed by atoms with Crippen LogP contribution in [0, 0.1) is 11.3 Å². The summed E-state index contributed by atoms with van der Waals surface area (Å²) in [5.74, 6) is 0.504. The molecule has 1 fully saturated rings. The Labute approximate surface area is 142 Å². The van der Waals surface area contributed by atoms with Crippen molar-refractivity contribution < 1.29 is 4.74 Å². The summed E-state index contributed by atoms with van der Waals surface area (Å²) in [6.45, 7) is 6.22. The average molecular weight is 342 g/mol. The molecule has 1 saturated heterocycles. The molecule has 0 radical (unpaired) electrons. The molecule has 4 nitrogen and oxygen atoms in total. The van der Waals surface area contributed by atoms with Gasteiger partial charge in [0.15, 0.2) is 5.75 Å². The lowest BCUT2D eigenvalue weighted by Crippen LogP contribution is -2.45. The largest absolute Gasteiger partial charge is 0.490 e. The monoisotopic (exact) mass is 341 g/mol. The first-order valence-electron chi connectivity index (χ1n) is 7.50. The molecular weight excluding hydrogens is 321 g/mol. The van der Waals surface area contributed by atoms with Crippen LogP contribution >= 0.6 is 23.2 Å². The van der Waals surface area contributed by atoms with Crippen LogP contribution in [-0.4, -0.2) is 49.6 Å². The van der Waals surface area contributed by atoms with Gasteiger partial charge in [-0.15, -0.1) is 0 Å². The van der Waals surface area contributed by atoms with Gasteiger partial charge in [-0.2, -0.15) is 5.26 Å². The molecule has 1 unspecified atom stereocenters. The molecule has 1 aromatic carbocycles. The molecule has 1 atom stereocenters. The second-order valence-electron chi connectivity index (χ2n) is 5.53. The van der Waals surface area contributed by atoms with Crippen LogP contribution in [0.1, 0.15) is 24.9 Å². The highest BCUT2D eigenvalue weighted by molar-refractivity contribution is 6.37. The zero-order chi connectivity index (χ0) is 16.1. The molecule has 120 valence electrons. The average Bonchev–Trinajstić information content (AvgIpc) is 2.49. The van der Waals surface area contributed by atoms with Gasteiger partial charge in [0.25, 0.3) is 0 Å². The Bertz CT molecular complexity index is 528. The highest BCUT2D eigenvalue weighted by Gasteiger charge is 2.25. The van der Waals surface area contributed by atoms with E-state index in [-0.39, 0.29) is 6.04 Å². The molecule has 0 amide bonds. The number of benzene rings is 1. The molecule has 2 rings (SSSR count). The Hall–Kier alpha value is -0.990. The van der Waals surface area contributed by atoms with E-state index in [1.807, 2.05) is 6.92 Å². The molecule has 22 heavy (non-hydrogen) atoms. The van der Waals surface area contributed by atoms with Gasteiger partial charge in [-0.05, 0) is 31.2 Å². The molecule has 0 N–H and O–H groups in total. The first kappa shape index (κ1) is 17.4. The standard InChI is InChI=1S/C16H21Cl2N3O/c1-3-8-22-16-13(17)9-12(10-14(16)18)15(11-19)21-6-4-20(2)5-7-21/h9-10,15H,3-8H2,1-2H3. The van der Waals surface area contributed by atoms with E-state index in [4.69, 9.17) is 27.9 Å². The number of likely N-dealkylation sites (N-methyl/N-ethyl adjacent to an activating group) is 1. The van der Waals surface area contributed by atoms with Crippen molar-refractivity contribution in [2.24, 2.45) is 0 Å². The number of hydrogen-bond donors (Lipinski definition) is 0. The summed E-state index contributed by atoms with van der Waals surface area (Å²) in [5, 5.41) is 10.5. The molecule has 1 aromatic rings. The molecule has 0 aliphatic carbocycles. The van der Waals surface area contributed by atoms with E-state index in [9.17, 15) is 5.26 Å². The molecule has 0 bridgehead atoms. The summed E-state index contributed by atoms with van der Waals surface area (Å²) in [4.78, 5) is 4.42. The summed E-state index contributed by atoms with van der Waals surface area (Å²) in [7, 11) is 2.09. The minimum atomic E-state index is -0.330. The highest BCUT2D eigenvalue weighted by Crippen LogP contribution is 2.37. The zero-order valence-corrected chi connectivity index (χ0v) is 14.5. The number of rotatable bonds is 5. The van der Waals surface area contributed by atoms with Crippen LogP contribution in [0.25, 0.3) is 0 Å².